The third-order valence-electron chi connectivity index (χ3n) is 3.89. The lowest BCUT2D eigenvalue weighted by Gasteiger charge is -2.22. The van der Waals surface area contributed by atoms with Gasteiger partial charge in [-0.25, -0.2) is 4.98 Å². The third-order valence-corrected chi connectivity index (χ3v) is 4.67. The van der Waals surface area contributed by atoms with Crippen molar-refractivity contribution in [1.29, 1.82) is 0 Å². The van der Waals surface area contributed by atoms with Crippen LogP contribution in [0.4, 0.5) is 11.8 Å². The van der Waals surface area contributed by atoms with Gasteiger partial charge in [0.1, 0.15) is 5.82 Å². The van der Waals surface area contributed by atoms with Crippen LogP contribution in [0, 0.1) is 0 Å². The van der Waals surface area contributed by atoms with Crippen molar-refractivity contribution in [1.82, 2.24) is 9.97 Å². The summed E-state index contributed by atoms with van der Waals surface area (Å²) in [6, 6.07) is 0. The lowest BCUT2D eigenvalue weighted by molar-refractivity contribution is 0.683. The monoisotopic (exact) mass is 326 g/mol. The van der Waals surface area contributed by atoms with Gasteiger partial charge < -0.3 is 10.2 Å². The predicted molar refractivity (Wildman–Crippen MR) is 84.0 cm³/mol. The quantitative estimate of drug-likeness (QED) is 0.893. The van der Waals surface area contributed by atoms with E-state index >= 15 is 0 Å². The molecule has 19 heavy (non-hydrogen) atoms. The van der Waals surface area contributed by atoms with Crippen molar-refractivity contribution in [3.63, 3.8) is 0 Å². The molecule has 1 aromatic heterocycles. The Morgan fingerprint density at radius 2 is 1.84 bits per heavy atom. The van der Waals surface area contributed by atoms with Crippen LogP contribution in [0.3, 0.4) is 0 Å². The van der Waals surface area contributed by atoms with Crippen molar-refractivity contribution in [3.8, 4) is 0 Å². The molecular weight excluding hydrogens is 304 g/mol. The number of rotatable bonds is 5. The van der Waals surface area contributed by atoms with E-state index < -0.39 is 0 Å². The molecule has 1 N–H and O–H groups in total. The van der Waals surface area contributed by atoms with Gasteiger partial charge in [0.25, 0.3) is 0 Å². The highest BCUT2D eigenvalue weighted by molar-refractivity contribution is 9.10. The highest BCUT2D eigenvalue weighted by Crippen LogP contribution is 2.39. The summed E-state index contributed by atoms with van der Waals surface area (Å²) in [5.41, 5.74) is 1.18. The zero-order chi connectivity index (χ0) is 13.8. The summed E-state index contributed by atoms with van der Waals surface area (Å²) in [4.78, 5) is 11.7. The van der Waals surface area contributed by atoms with Crippen LogP contribution in [0.1, 0.15) is 51.1 Å². The fourth-order valence-corrected chi connectivity index (χ4v) is 3.43. The summed E-state index contributed by atoms with van der Waals surface area (Å²) in [6.45, 7) is 6.16. The third kappa shape index (κ3) is 3.02. The highest BCUT2D eigenvalue weighted by Gasteiger charge is 2.24. The minimum absolute atomic E-state index is 0.582. The molecule has 1 fully saturated rings. The normalized spacial score (nSPS) is 15.8. The van der Waals surface area contributed by atoms with Crippen LogP contribution in [0.25, 0.3) is 0 Å². The fraction of sp³-hybridized carbons (Fsp3) is 0.714. The van der Waals surface area contributed by atoms with E-state index in [1.165, 1.54) is 31.4 Å². The molecule has 2 rings (SSSR count). The molecule has 0 radical (unpaired) electrons. The zero-order valence-electron chi connectivity index (χ0n) is 12.0. The van der Waals surface area contributed by atoms with Gasteiger partial charge in [-0.15, -0.1) is 0 Å². The summed E-state index contributed by atoms with van der Waals surface area (Å²) < 4.78 is 1.04. The second kappa shape index (κ2) is 6.55. The van der Waals surface area contributed by atoms with Gasteiger partial charge >= 0.3 is 0 Å². The number of halogens is 1. The van der Waals surface area contributed by atoms with Crippen molar-refractivity contribution in [2.24, 2.45) is 0 Å². The van der Waals surface area contributed by atoms with Gasteiger partial charge in [-0.2, -0.15) is 4.98 Å². The van der Waals surface area contributed by atoms with Crippen molar-refractivity contribution in [2.75, 3.05) is 30.4 Å². The van der Waals surface area contributed by atoms with E-state index in [4.69, 9.17) is 4.98 Å². The van der Waals surface area contributed by atoms with Crippen LogP contribution < -0.4 is 10.2 Å². The van der Waals surface area contributed by atoms with E-state index in [2.05, 4.69) is 45.0 Å². The van der Waals surface area contributed by atoms with Crippen LogP contribution in [0.5, 0.6) is 0 Å². The molecule has 0 aliphatic heterocycles. The molecule has 4 nitrogen and oxygen atoms in total. The number of anilines is 2. The van der Waals surface area contributed by atoms with Crippen molar-refractivity contribution in [2.45, 2.75) is 45.4 Å². The largest absolute Gasteiger partial charge is 0.372 e. The van der Waals surface area contributed by atoms with Gasteiger partial charge in [0.15, 0.2) is 0 Å². The molecule has 5 heteroatoms. The number of hydrogen-bond acceptors (Lipinski definition) is 4. The zero-order valence-corrected chi connectivity index (χ0v) is 13.6. The first-order chi connectivity index (χ1) is 9.21. The summed E-state index contributed by atoms with van der Waals surface area (Å²) >= 11 is 3.67. The molecule has 0 spiro atoms. The Morgan fingerprint density at radius 3 is 2.37 bits per heavy atom. The lowest BCUT2D eigenvalue weighted by Crippen LogP contribution is -2.25. The van der Waals surface area contributed by atoms with Gasteiger partial charge in [0.05, 0.1) is 10.2 Å². The Labute approximate surface area is 124 Å². The molecule has 0 amide bonds. The molecule has 0 bridgehead atoms. The number of nitrogens with one attached hydrogen (secondary N) is 1. The average Bonchev–Trinajstić information content (AvgIpc) is 2.95. The SMILES string of the molecule is CCN(CC)c1nc(NC)c(Br)c(C2CCCC2)n1. The van der Waals surface area contributed by atoms with Crippen LogP contribution in [0.2, 0.25) is 0 Å². The molecule has 0 unspecified atom stereocenters. The van der Waals surface area contributed by atoms with E-state index in [9.17, 15) is 0 Å². The molecular formula is C14H23BrN4. The van der Waals surface area contributed by atoms with E-state index in [1.807, 2.05) is 7.05 Å². The molecule has 106 valence electrons. The summed E-state index contributed by atoms with van der Waals surface area (Å²) in [5.74, 6) is 2.33. The molecule has 1 aromatic rings. The maximum Gasteiger partial charge on any atom is 0.227 e. The van der Waals surface area contributed by atoms with Crippen molar-refractivity contribution >= 4 is 27.7 Å². The Hall–Kier alpha value is -0.840. The van der Waals surface area contributed by atoms with Crippen LogP contribution >= 0.6 is 15.9 Å². The number of nitrogens with zero attached hydrogens (tertiary/aromatic N) is 3. The van der Waals surface area contributed by atoms with E-state index in [0.717, 1.165) is 29.3 Å². The maximum absolute atomic E-state index is 4.83. The predicted octanol–water partition coefficient (Wildman–Crippen LogP) is 3.78. The molecule has 1 aliphatic rings. The van der Waals surface area contributed by atoms with Gasteiger partial charge in [-0.1, -0.05) is 12.8 Å². The summed E-state index contributed by atoms with van der Waals surface area (Å²) in [7, 11) is 1.91. The Balaban J connectivity index is 2.42. The van der Waals surface area contributed by atoms with Gasteiger partial charge in [0, 0.05) is 26.1 Å². The van der Waals surface area contributed by atoms with Gasteiger partial charge in [-0.3, -0.25) is 0 Å². The first-order valence-electron chi connectivity index (χ1n) is 7.21. The lowest BCUT2D eigenvalue weighted by atomic mass is 10.0. The summed E-state index contributed by atoms with van der Waals surface area (Å²) in [6.07, 6.45) is 5.13. The average molecular weight is 327 g/mol. The topological polar surface area (TPSA) is 41.1 Å². The van der Waals surface area contributed by atoms with Gasteiger partial charge in [-0.05, 0) is 42.6 Å². The fourth-order valence-electron chi connectivity index (χ4n) is 2.74. The Morgan fingerprint density at radius 1 is 1.21 bits per heavy atom. The molecule has 1 aliphatic carbocycles. The van der Waals surface area contributed by atoms with Crippen LogP contribution in [-0.2, 0) is 0 Å². The second-order valence-electron chi connectivity index (χ2n) is 4.98. The molecule has 0 aromatic carbocycles. The van der Waals surface area contributed by atoms with Crippen molar-refractivity contribution in [3.05, 3.63) is 10.2 Å². The first-order valence-corrected chi connectivity index (χ1v) is 8.00. The molecule has 1 heterocycles. The molecule has 0 atom stereocenters. The van der Waals surface area contributed by atoms with Crippen molar-refractivity contribution < 1.29 is 0 Å². The maximum atomic E-state index is 4.83. The smallest absolute Gasteiger partial charge is 0.227 e. The van der Waals surface area contributed by atoms with Gasteiger partial charge in [0.2, 0.25) is 5.95 Å². The first kappa shape index (κ1) is 14.6. The molecule has 0 saturated heterocycles. The summed E-state index contributed by atoms with van der Waals surface area (Å²) in [5, 5.41) is 3.18. The van der Waals surface area contributed by atoms with E-state index in [-0.39, 0.29) is 0 Å². The van der Waals surface area contributed by atoms with Crippen LogP contribution in [-0.4, -0.2) is 30.1 Å². The Kier molecular flexibility index (Phi) is 5.02. The minimum Gasteiger partial charge on any atom is -0.372 e. The Bertz CT molecular complexity index is 426. The van der Waals surface area contributed by atoms with E-state index in [1.54, 1.807) is 0 Å². The number of hydrogen-bond donors (Lipinski definition) is 1. The standard InChI is InChI=1S/C14H23BrN4/c1-4-19(5-2)14-17-12(10-8-6-7-9-10)11(15)13(16-3)18-14/h10H,4-9H2,1-3H3,(H,16,17,18). The minimum atomic E-state index is 0.582. The highest BCUT2D eigenvalue weighted by atomic mass is 79.9. The number of aromatic nitrogens is 2. The molecule has 1 saturated carbocycles. The second-order valence-corrected chi connectivity index (χ2v) is 5.77. The van der Waals surface area contributed by atoms with E-state index in [0.29, 0.717) is 5.92 Å². The van der Waals surface area contributed by atoms with Crippen LogP contribution in [0.15, 0.2) is 4.47 Å².